The minimum absolute atomic E-state index is 0.0699. The third kappa shape index (κ3) is 3.90. The van der Waals surface area contributed by atoms with E-state index in [4.69, 9.17) is 5.73 Å². The van der Waals surface area contributed by atoms with Crippen molar-refractivity contribution in [3.05, 3.63) is 66.0 Å². The molecule has 1 aromatic carbocycles. The topological polar surface area (TPSA) is 68.0 Å². The van der Waals surface area contributed by atoms with Crippen LogP contribution >= 0.6 is 0 Å². The van der Waals surface area contributed by atoms with Gasteiger partial charge in [0.2, 0.25) is 5.91 Å². The Morgan fingerprint density at radius 1 is 1.20 bits per heavy atom. The fourth-order valence-electron chi connectivity index (χ4n) is 2.03. The van der Waals surface area contributed by atoms with E-state index in [-0.39, 0.29) is 18.0 Å². The van der Waals surface area contributed by atoms with Gasteiger partial charge in [-0.25, -0.2) is 0 Å². The monoisotopic (exact) mass is 269 g/mol. The molecule has 3 N–H and O–H groups in total. The van der Waals surface area contributed by atoms with Crippen molar-refractivity contribution in [2.24, 2.45) is 5.73 Å². The lowest BCUT2D eigenvalue weighted by molar-refractivity contribution is -0.121. The van der Waals surface area contributed by atoms with Crippen LogP contribution in [0.4, 0.5) is 0 Å². The van der Waals surface area contributed by atoms with Gasteiger partial charge in [0.05, 0.1) is 11.7 Å². The number of amides is 1. The largest absolute Gasteiger partial charge is 0.344 e. The molecule has 0 aliphatic heterocycles. The molecule has 2 unspecified atom stereocenters. The first-order chi connectivity index (χ1) is 9.66. The van der Waals surface area contributed by atoms with E-state index < -0.39 is 0 Å². The maximum Gasteiger partial charge on any atom is 0.222 e. The quantitative estimate of drug-likeness (QED) is 0.872. The molecule has 2 aromatic rings. The Labute approximate surface area is 119 Å². The number of pyridine rings is 1. The van der Waals surface area contributed by atoms with E-state index in [1.807, 2.05) is 55.5 Å². The molecule has 20 heavy (non-hydrogen) atoms. The van der Waals surface area contributed by atoms with Crippen LogP contribution < -0.4 is 11.1 Å². The van der Waals surface area contributed by atoms with Crippen LogP contribution in [0.2, 0.25) is 0 Å². The van der Waals surface area contributed by atoms with Gasteiger partial charge in [-0.3, -0.25) is 9.78 Å². The van der Waals surface area contributed by atoms with Crippen LogP contribution in [0.25, 0.3) is 0 Å². The van der Waals surface area contributed by atoms with Crippen molar-refractivity contribution in [3.63, 3.8) is 0 Å². The number of carbonyl (C=O) groups excluding carboxylic acids is 1. The maximum absolute atomic E-state index is 12.0. The van der Waals surface area contributed by atoms with Gasteiger partial charge in [-0.2, -0.15) is 0 Å². The summed E-state index contributed by atoms with van der Waals surface area (Å²) in [4.78, 5) is 16.3. The van der Waals surface area contributed by atoms with Gasteiger partial charge in [0.15, 0.2) is 0 Å². The number of nitrogens with zero attached hydrogens (tertiary/aromatic N) is 1. The lowest BCUT2D eigenvalue weighted by Gasteiger charge is -2.19. The molecule has 1 heterocycles. The highest BCUT2D eigenvalue weighted by Crippen LogP contribution is 2.20. The van der Waals surface area contributed by atoms with Crippen LogP contribution in [0.5, 0.6) is 0 Å². The second-order valence-corrected chi connectivity index (χ2v) is 4.85. The summed E-state index contributed by atoms with van der Waals surface area (Å²) in [5, 5.41) is 3.00. The van der Waals surface area contributed by atoms with E-state index >= 15 is 0 Å². The summed E-state index contributed by atoms with van der Waals surface area (Å²) >= 11 is 0. The molecule has 2 rings (SSSR count). The third-order valence-electron chi connectivity index (χ3n) is 2.93. The molecule has 0 aliphatic carbocycles. The highest BCUT2D eigenvalue weighted by molar-refractivity contribution is 5.77. The van der Waals surface area contributed by atoms with Gasteiger partial charge in [0, 0.05) is 18.7 Å². The van der Waals surface area contributed by atoms with E-state index in [1.165, 1.54) is 0 Å². The normalized spacial score (nSPS) is 13.5. The number of aromatic nitrogens is 1. The van der Waals surface area contributed by atoms with E-state index in [0.29, 0.717) is 6.42 Å². The maximum atomic E-state index is 12.0. The molecule has 0 aliphatic rings. The van der Waals surface area contributed by atoms with Crippen LogP contribution in [0, 0.1) is 0 Å². The number of nitrogens with two attached hydrogens (primary N) is 1. The van der Waals surface area contributed by atoms with Crippen molar-refractivity contribution in [1.29, 1.82) is 0 Å². The summed E-state index contributed by atoms with van der Waals surface area (Å²) in [7, 11) is 0. The van der Waals surface area contributed by atoms with Crippen LogP contribution in [0.1, 0.15) is 30.6 Å². The number of hydrogen-bond donors (Lipinski definition) is 2. The Balaban J connectivity index is 2.24. The number of hydrogen-bond acceptors (Lipinski definition) is 3. The third-order valence-corrected chi connectivity index (χ3v) is 2.93. The second kappa shape index (κ2) is 6.82. The second-order valence-electron chi connectivity index (χ2n) is 4.85. The Bertz CT molecular complexity index is 501. The molecule has 2 atom stereocenters. The standard InChI is InChI=1S/C16H19N3O/c1-12(17)11-15(20)19-16(13-7-3-2-4-8-13)14-9-5-6-10-18-14/h2-10,12,16H,11,17H2,1H3,(H,19,20). The highest BCUT2D eigenvalue weighted by Gasteiger charge is 2.18. The minimum atomic E-state index is -0.247. The Hall–Kier alpha value is -2.20. The van der Waals surface area contributed by atoms with Gasteiger partial charge in [-0.1, -0.05) is 36.4 Å². The predicted molar refractivity (Wildman–Crippen MR) is 78.9 cm³/mol. The lowest BCUT2D eigenvalue weighted by Crippen LogP contribution is -2.33. The van der Waals surface area contributed by atoms with E-state index in [0.717, 1.165) is 11.3 Å². The van der Waals surface area contributed by atoms with Crippen molar-refractivity contribution < 1.29 is 4.79 Å². The van der Waals surface area contributed by atoms with Crippen molar-refractivity contribution in [3.8, 4) is 0 Å². The van der Waals surface area contributed by atoms with Gasteiger partial charge in [-0.05, 0) is 24.6 Å². The summed E-state index contributed by atoms with van der Waals surface area (Å²) in [5.41, 5.74) is 7.49. The molecule has 4 nitrogen and oxygen atoms in total. The number of rotatable bonds is 5. The Morgan fingerprint density at radius 3 is 2.50 bits per heavy atom. The summed E-state index contributed by atoms with van der Waals surface area (Å²) < 4.78 is 0. The molecule has 0 bridgehead atoms. The molecule has 0 spiro atoms. The summed E-state index contributed by atoms with van der Waals surface area (Å²) in [6.07, 6.45) is 2.03. The fourth-order valence-corrected chi connectivity index (χ4v) is 2.03. The van der Waals surface area contributed by atoms with Crippen molar-refractivity contribution in [2.45, 2.75) is 25.4 Å². The van der Waals surface area contributed by atoms with Gasteiger partial charge < -0.3 is 11.1 Å². The molecule has 0 fully saturated rings. The zero-order valence-corrected chi connectivity index (χ0v) is 11.5. The van der Waals surface area contributed by atoms with Gasteiger partial charge in [0.1, 0.15) is 0 Å². The fraction of sp³-hybridized carbons (Fsp3) is 0.250. The molecule has 0 saturated heterocycles. The zero-order chi connectivity index (χ0) is 14.4. The minimum Gasteiger partial charge on any atom is -0.344 e. The zero-order valence-electron chi connectivity index (χ0n) is 11.5. The molecule has 0 saturated carbocycles. The van der Waals surface area contributed by atoms with Gasteiger partial charge in [-0.15, -0.1) is 0 Å². The van der Waals surface area contributed by atoms with Crippen LogP contribution in [-0.2, 0) is 4.79 Å². The smallest absolute Gasteiger partial charge is 0.222 e. The van der Waals surface area contributed by atoms with Gasteiger partial charge >= 0.3 is 0 Å². The van der Waals surface area contributed by atoms with Gasteiger partial charge in [0.25, 0.3) is 0 Å². The molecular weight excluding hydrogens is 250 g/mol. The molecular formula is C16H19N3O. The molecule has 0 radical (unpaired) electrons. The van der Waals surface area contributed by atoms with Crippen molar-refractivity contribution in [1.82, 2.24) is 10.3 Å². The van der Waals surface area contributed by atoms with E-state index in [1.54, 1.807) is 6.20 Å². The van der Waals surface area contributed by atoms with E-state index in [9.17, 15) is 4.79 Å². The highest BCUT2D eigenvalue weighted by atomic mass is 16.1. The van der Waals surface area contributed by atoms with Crippen LogP contribution in [-0.4, -0.2) is 16.9 Å². The number of benzene rings is 1. The first kappa shape index (κ1) is 14.2. The average molecular weight is 269 g/mol. The SMILES string of the molecule is CC(N)CC(=O)NC(c1ccccc1)c1ccccn1. The Morgan fingerprint density at radius 2 is 1.90 bits per heavy atom. The predicted octanol–water partition coefficient (Wildman–Crippen LogP) is 2.02. The average Bonchev–Trinajstić information content (AvgIpc) is 2.46. The Kier molecular flexibility index (Phi) is 4.85. The number of nitrogens with one attached hydrogen (secondary N) is 1. The first-order valence-corrected chi connectivity index (χ1v) is 6.67. The summed E-state index contributed by atoms with van der Waals surface area (Å²) in [5.74, 6) is -0.0699. The number of carbonyl (C=O) groups is 1. The van der Waals surface area contributed by atoms with Crippen LogP contribution in [0.3, 0.4) is 0 Å². The molecule has 104 valence electrons. The first-order valence-electron chi connectivity index (χ1n) is 6.67. The van der Waals surface area contributed by atoms with Crippen molar-refractivity contribution in [2.75, 3.05) is 0 Å². The summed E-state index contributed by atoms with van der Waals surface area (Å²) in [6.45, 7) is 1.82. The summed E-state index contributed by atoms with van der Waals surface area (Å²) in [6, 6.07) is 15.1. The van der Waals surface area contributed by atoms with E-state index in [2.05, 4.69) is 10.3 Å². The molecule has 4 heteroatoms. The van der Waals surface area contributed by atoms with Crippen LogP contribution in [0.15, 0.2) is 54.7 Å². The lowest BCUT2D eigenvalue weighted by atomic mass is 10.0. The van der Waals surface area contributed by atoms with Crippen molar-refractivity contribution >= 4 is 5.91 Å². The molecule has 1 amide bonds. The molecule has 1 aromatic heterocycles.